The molecule has 1 atom stereocenters. The molecule has 3 aromatic rings. The highest BCUT2D eigenvalue weighted by Gasteiger charge is 2.33. The van der Waals surface area contributed by atoms with Gasteiger partial charge in [-0.3, -0.25) is 9.59 Å². The van der Waals surface area contributed by atoms with Gasteiger partial charge in [0.15, 0.2) is 0 Å². The predicted molar refractivity (Wildman–Crippen MR) is 143 cm³/mol. The number of carbonyl (C=O) groups is 2. The van der Waals surface area contributed by atoms with Crippen molar-refractivity contribution in [2.75, 3.05) is 33.4 Å². The summed E-state index contributed by atoms with van der Waals surface area (Å²) in [7, 11) is 1.58. The van der Waals surface area contributed by atoms with Crippen LogP contribution in [0.2, 0.25) is 0 Å². The number of carbonyl (C=O) groups excluding carboxylic acids is 2. The van der Waals surface area contributed by atoms with E-state index in [9.17, 15) is 14.0 Å². The first kappa shape index (κ1) is 26.7. The molecule has 2 amide bonds. The van der Waals surface area contributed by atoms with Gasteiger partial charge in [-0.15, -0.1) is 11.3 Å². The molecule has 4 rings (SSSR count). The molecule has 1 aliphatic rings. The summed E-state index contributed by atoms with van der Waals surface area (Å²) in [5, 5.41) is 2.02. The SMILES string of the molecule is COc1ccc(C(=O)N(CCC(C)C)CC(=O)N2CCc3sccc3[C@@H]2COc2cccc(F)c2)cc1. The third-order valence-corrected chi connectivity index (χ3v) is 7.54. The van der Waals surface area contributed by atoms with Crippen LogP contribution < -0.4 is 9.47 Å². The van der Waals surface area contributed by atoms with E-state index in [2.05, 4.69) is 13.8 Å². The van der Waals surface area contributed by atoms with E-state index in [0.29, 0.717) is 36.1 Å². The highest BCUT2D eigenvalue weighted by molar-refractivity contribution is 7.10. The van der Waals surface area contributed by atoms with Crippen LogP contribution in [0.5, 0.6) is 11.5 Å². The Morgan fingerprint density at radius 2 is 1.92 bits per heavy atom. The Hall–Kier alpha value is -3.39. The highest BCUT2D eigenvalue weighted by Crippen LogP contribution is 2.34. The van der Waals surface area contributed by atoms with Gasteiger partial charge in [0.25, 0.3) is 5.91 Å². The minimum absolute atomic E-state index is 0.0203. The van der Waals surface area contributed by atoms with Crippen molar-refractivity contribution in [1.29, 1.82) is 0 Å². The molecule has 2 aromatic carbocycles. The Morgan fingerprint density at radius 3 is 2.62 bits per heavy atom. The van der Waals surface area contributed by atoms with Gasteiger partial charge in [-0.2, -0.15) is 0 Å². The lowest BCUT2D eigenvalue weighted by molar-refractivity contribution is -0.135. The molecule has 0 N–H and O–H groups in total. The summed E-state index contributed by atoms with van der Waals surface area (Å²) in [5.41, 5.74) is 1.57. The zero-order valence-corrected chi connectivity index (χ0v) is 22.3. The normalized spacial score (nSPS) is 14.8. The highest BCUT2D eigenvalue weighted by atomic mass is 32.1. The van der Waals surface area contributed by atoms with Crippen LogP contribution in [0.25, 0.3) is 0 Å². The lowest BCUT2D eigenvalue weighted by Crippen LogP contribution is -2.48. The number of amides is 2. The Morgan fingerprint density at radius 1 is 1.14 bits per heavy atom. The van der Waals surface area contributed by atoms with Crippen LogP contribution >= 0.6 is 11.3 Å². The maximum Gasteiger partial charge on any atom is 0.254 e. The molecule has 0 fully saturated rings. The second-order valence-electron chi connectivity index (χ2n) is 9.56. The monoisotopic (exact) mass is 524 g/mol. The van der Waals surface area contributed by atoms with Gasteiger partial charge in [0.05, 0.1) is 13.2 Å². The van der Waals surface area contributed by atoms with Crippen molar-refractivity contribution in [3.63, 3.8) is 0 Å². The topological polar surface area (TPSA) is 59.1 Å². The van der Waals surface area contributed by atoms with Gasteiger partial charge in [-0.25, -0.2) is 4.39 Å². The number of rotatable bonds is 10. The molecule has 0 radical (unpaired) electrons. The van der Waals surface area contributed by atoms with Crippen LogP contribution in [0, 0.1) is 11.7 Å². The summed E-state index contributed by atoms with van der Waals surface area (Å²) in [6, 6.07) is 14.7. The van der Waals surface area contributed by atoms with Gasteiger partial charge in [-0.05, 0) is 72.2 Å². The molecule has 0 saturated carbocycles. The number of ether oxygens (including phenoxy) is 2. The first-order valence-electron chi connectivity index (χ1n) is 12.5. The maximum atomic E-state index is 13.7. The van der Waals surface area contributed by atoms with Crippen LogP contribution in [-0.4, -0.2) is 55.0 Å². The van der Waals surface area contributed by atoms with Crippen LogP contribution in [0.15, 0.2) is 60.0 Å². The lowest BCUT2D eigenvalue weighted by atomic mass is 10.00. The number of methoxy groups -OCH3 is 1. The van der Waals surface area contributed by atoms with E-state index in [0.717, 1.165) is 18.4 Å². The van der Waals surface area contributed by atoms with Gasteiger partial charge in [0.2, 0.25) is 5.91 Å². The molecule has 6 nitrogen and oxygen atoms in total. The van der Waals surface area contributed by atoms with Gasteiger partial charge < -0.3 is 19.3 Å². The number of benzene rings is 2. The second kappa shape index (κ2) is 12.2. The van der Waals surface area contributed by atoms with E-state index in [1.807, 2.05) is 11.4 Å². The van der Waals surface area contributed by atoms with Crippen molar-refractivity contribution >= 4 is 23.2 Å². The van der Waals surface area contributed by atoms with Gasteiger partial charge in [0, 0.05) is 29.6 Å². The first-order chi connectivity index (χ1) is 17.9. The van der Waals surface area contributed by atoms with E-state index in [4.69, 9.17) is 9.47 Å². The van der Waals surface area contributed by atoms with Crippen molar-refractivity contribution in [3.8, 4) is 11.5 Å². The van der Waals surface area contributed by atoms with E-state index in [1.54, 1.807) is 64.6 Å². The minimum Gasteiger partial charge on any atom is -0.497 e. The van der Waals surface area contributed by atoms with Crippen LogP contribution in [0.1, 0.15) is 47.1 Å². The molecule has 1 aromatic heterocycles. The van der Waals surface area contributed by atoms with E-state index >= 15 is 0 Å². The standard InChI is InChI=1S/C29H33FN2O4S/c1-20(2)11-14-31(29(34)21-7-9-23(35-3)10-8-21)18-28(33)32-15-12-27-25(13-16-37-27)26(32)19-36-24-6-4-5-22(30)17-24/h4-10,13,16-17,20,26H,11-12,14-15,18-19H2,1-3H3/t26-/m0/s1. The number of hydrogen-bond donors (Lipinski definition) is 0. The molecule has 196 valence electrons. The van der Waals surface area contributed by atoms with Crippen molar-refractivity contribution in [2.24, 2.45) is 5.92 Å². The van der Waals surface area contributed by atoms with E-state index in [-0.39, 0.29) is 36.8 Å². The van der Waals surface area contributed by atoms with Gasteiger partial charge in [0.1, 0.15) is 30.5 Å². The number of thiophene rings is 1. The van der Waals surface area contributed by atoms with E-state index in [1.165, 1.54) is 17.0 Å². The Bertz CT molecular complexity index is 1210. The molecule has 1 aliphatic heterocycles. The summed E-state index contributed by atoms with van der Waals surface area (Å²) >= 11 is 1.67. The quantitative estimate of drug-likeness (QED) is 0.347. The number of halogens is 1. The molecule has 0 unspecified atom stereocenters. The molecular formula is C29H33FN2O4S. The Balaban J connectivity index is 1.52. The van der Waals surface area contributed by atoms with Crippen molar-refractivity contribution in [3.05, 3.63) is 81.8 Å². The third-order valence-electron chi connectivity index (χ3n) is 6.55. The molecular weight excluding hydrogens is 491 g/mol. The minimum atomic E-state index is -0.372. The molecule has 0 bridgehead atoms. The molecule has 8 heteroatoms. The summed E-state index contributed by atoms with van der Waals surface area (Å²) < 4.78 is 24.8. The van der Waals surface area contributed by atoms with E-state index < -0.39 is 0 Å². The fraction of sp³-hybridized carbons (Fsp3) is 0.379. The van der Waals surface area contributed by atoms with Crippen LogP contribution in [0.4, 0.5) is 4.39 Å². The lowest BCUT2D eigenvalue weighted by Gasteiger charge is -2.37. The van der Waals surface area contributed by atoms with Crippen molar-refractivity contribution in [1.82, 2.24) is 9.80 Å². The summed E-state index contributed by atoms with van der Waals surface area (Å²) in [5.74, 6) is 0.790. The predicted octanol–water partition coefficient (Wildman–Crippen LogP) is 5.59. The molecule has 0 saturated heterocycles. The van der Waals surface area contributed by atoms with Gasteiger partial charge >= 0.3 is 0 Å². The van der Waals surface area contributed by atoms with Gasteiger partial charge in [-0.1, -0.05) is 19.9 Å². The fourth-order valence-electron chi connectivity index (χ4n) is 4.44. The molecule has 0 spiro atoms. The summed E-state index contributed by atoms with van der Waals surface area (Å²) in [6.45, 7) is 5.40. The molecule has 0 aliphatic carbocycles. The fourth-order valence-corrected chi connectivity index (χ4v) is 5.37. The molecule has 37 heavy (non-hydrogen) atoms. The number of hydrogen-bond acceptors (Lipinski definition) is 5. The number of fused-ring (bicyclic) bond motifs is 1. The Kier molecular flexibility index (Phi) is 8.82. The van der Waals surface area contributed by atoms with Crippen LogP contribution in [-0.2, 0) is 11.2 Å². The zero-order valence-electron chi connectivity index (χ0n) is 21.5. The maximum absolute atomic E-state index is 13.7. The smallest absolute Gasteiger partial charge is 0.254 e. The van der Waals surface area contributed by atoms with Crippen molar-refractivity contribution < 1.29 is 23.5 Å². The largest absolute Gasteiger partial charge is 0.497 e. The summed E-state index contributed by atoms with van der Waals surface area (Å²) in [4.78, 5) is 31.8. The summed E-state index contributed by atoms with van der Waals surface area (Å²) in [6.07, 6.45) is 1.55. The van der Waals surface area contributed by atoms with Crippen molar-refractivity contribution in [2.45, 2.75) is 32.7 Å². The first-order valence-corrected chi connectivity index (χ1v) is 13.4. The molecule has 2 heterocycles. The van der Waals surface area contributed by atoms with Crippen LogP contribution in [0.3, 0.4) is 0 Å². The third kappa shape index (κ3) is 6.68. The Labute approximate surface area is 221 Å². The average Bonchev–Trinajstić information content (AvgIpc) is 3.38. The zero-order chi connectivity index (χ0) is 26.4. The second-order valence-corrected chi connectivity index (χ2v) is 10.6. The average molecular weight is 525 g/mol. The number of nitrogens with zero attached hydrogens (tertiary/aromatic N) is 2.